The van der Waals surface area contributed by atoms with Gasteiger partial charge in [-0.05, 0) is 51.8 Å². The highest BCUT2D eigenvalue weighted by molar-refractivity contribution is 6.32. The molecule has 1 aliphatic heterocycles. The molecule has 1 aromatic rings. The molecule has 0 aliphatic carbocycles. The molecule has 0 bridgehead atoms. The Labute approximate surface area is 125 Å². The number of ether oxygens (including phenoxy) is 2. The third-order valence-electron chi connectivity index (χ3n) is 4.04. The summed E-state index contributed by atoms with van der Waals surface area (Å²) in [5.41, 5.74) is 0.218. The van der Waals surface area contributed by atoms with E-state index < -0.39 is 6.10 Å². The van der Waals surface area contributed by atoms with Crippen molar-refractivity contribution in [3.8, 4) is 5.75 Å². The van der Waals surface area contributed by atoms with Crippen LogP contribution >= 0.6 is 11.6 Å². The van der Waals surface area contributed by atoms with Crippen LogP contribution in [0, 0.1) is 5.92 Å². The molecule has 0 amide bonds. The topological polar surface area (TPSA) is 38.7 Å². The monoisotopic (exact) mass is 298 g/mol. The first-order chi connectivity index (χ1) is 9.16. The molecule has 1 aliphatic rings. The number of hydrogen-bond donors (Lipinski definition) is 1. The largest absolute Gasteiger partial charge is 0.495 e. The molecule has 20 heavy (non-hydrogen) atoms. The molecule has 0 saturated carbocycles. The van der Waals surface area contributed by atoms with Gasteiger partial charge in [-0.1, -0.05) is 17.7 Å². The van der Waals surface area contributed by atoms with Gasteiger partial charge in [0.2, 0.25) is 0 Å². The second kappa shape index (κ2) is 5.21. The van der Waals surface area contributed by atoms with Gasteiger partial charge in [0.1, 0.15) is 5.75 Å². The average Bonchev–Trinajstić information content (AvgIpc) is 2.56. The normalized spacial score (nSPS) is 25.4. The Morgan fingerprint density at radius 2 is 2.00 bits per heavy atom. The fraction of sp³-hybridized carbons (Fsp3) is 0.625. The minimum absolute atomic E-state index is 0.0296. The van der Waals surface area contributed by atoms with Crippen molar-refractivity contribution in [3.63, 3.8) is 0 Å². The van der Waals surface area contributed by atoms with Crippen molar-refractivity contribution in [1.82, 2.24) is 0 Å². The molecule has 2 atom stereocenters. The fourth-order valence-electron chi connectivity index (χ4n) is 3.20. The van der Waals surface area contributed by atoms with Crippen molar-refractivity contribution in [1.29, 1.82) is 0 Å². The van der Waals surface area contributed by atoms with Gasteiger partial charge in [0.15, 0.2) is 0 Å². The van der Waals surface area contributed by atoms with E-state index in [-0.39, 0.29) is 17.1 Å². The van der Waals surface area contributed by atoms with Gasteiger partial charge in [-0.25, -0.2) is 0 Å². The lowest BCUT2D eigenvalue weighted by atomic mass is 9.80. The van der Waals surface area contributed by atoms with Crippen molar-refractivity contribution in [2.75, 3.05) is 7.11 Å². The number of aliphatic hydroxyl groups excluding tert-OH is 1. The SMILES string of the molecule is COc1ccc(C(O)C2CC(C)(C)OC2(C)C)cc1Cl. The van der Waals surface area contributed by atoms with E-state index in [9.17, 15) is 5.11 Å². The molecule has 112 valence electrons. The summed E-state index contributed by atoms with van der Waals surface area (Å²) in [5, 5.41) is 11.2. The lowest BCUT2D eigenvalue weighted by Crippen LogP contribution is -2.32. The zero-order valence-corrected chi connectivity index (χ0v) is 13.5. The molecule has 1 heterocycles. The summed E-state index contributed by atoms with van der Waals surface area (Å²) < 4.78 is 11.2. The van der Waals surface area contributed by atoms with Crippen LogP contribution in [-0.4, -0.2) is 23.4 Å². The van der Waals surface area contributed by atoms with E-state index in [4.69, 9.17) is 21.1 Å². The Morgan fingerprint density at radius 1 is 1.35 bits per heavy atom. The van der Waals surface area contributed by atoms with E-state index in [1.807, 2.05) is 19.9 Å². The van der Waals surface area contributed by atoms with Gasteiger partial charge in [-0.2, -0.15) is 0 Å². The minimum atomic E-state index is -0.602. The highest BCUT2D eigenvalue weighted by atomic mass is 35.5. The first-order valence-electron chi connectivity index (χ1n) is 6.88. The maximum atomic E-state index is 10.7. The van der Waals surface area contributed by atoms with Crippen LogP contribution in [-0.2, 0) is 4.74 Å². The fourth-order valence-corrected chi connectivity index (χ4v) is 3.46. The van der Waals surface area contributed by atoms with Crippen LogP contribution in [0.5, 0.6) is 5.75 Å². The first kappa shape index (κ1) is 15.6. The quantitative estimate of drug-likeness (QED) is 0.917. The molecule has 1 aromatic carbocycles. The summed E-state index contributed by atoms with van der Waals surface area (Å²) in [6, 6.07) is 5.41. The Hall–Kier alpha value is -0.770. The predicted octanol–water partition coefficient (Wildman–Crippen LogP) is 3.98. The Kier molecular flexibility index (Phi) is 4.07. The van der Waals surface area contributed by atoms with E-state index >= 15 is 0 Å². The van der Waals surface area contributed by atoms with Gasteiger partial charge in [0.25, 0.3) is 0 Å². The second-order valence-electron chi connectivity index (χ2n) is 6.61. The Morgan fingerprint density at radius 3 is 2.45 bits per heavy atom. The zero-order valence-electron chi connectivity index (χ0n) is 12.7. The van der Waals surface area contributed by atoms with Crippen molar-refractivity contribution < 1.29 is 14.6 Å². The summed E-state index contributed by atoms with van der Waals surface area (Å²) >= 11 is 6.14. The summed E-state index contributed by atoms with van der Waals surface area (Å²) in [5.74, 6) is 0.645. The molecule has 1 N–H and O–H groups in total. The molecule has 1 fully saturated rings. The number of benzene rings is 1. The number of methoxy groups -OCH3 is 1. The van der Waals surface area contributed by atoms with Crippen LogP contribution in [0.15, 0.2) is 18.2 Å². The summed E-state index contributed by atoms with van der Waals surface area (Å²) in [6.45, 7) is 8.17. The summed E-state index contributed by atoms with van der Waals surface area (Å²) in [7, 11) is 1.58. The number of rotatable bonds is 3. The Bertz CT molecular complexity index is 496. The zero-order chi connectivity index (χ0) is 15.1. The number of halogens is 1. The second-order valence-corrected chi connectivity index (χ2v) is 7.02. The van der Waals surface area contributed by atoms with Gasteiger partial charge in [-0.15, -0.1) is 0 Å². The lowest BCUT2D eigenvalue weighted by Gasteiger charge is -2.30. The number of aliphatic hydroxyl groups is 1. The smallest absolute Gasteiger partial charge is 0.137 e. The van der Waals surface area contributed by atoms with Crippen molar-refractivity contribution >= 4 is 11.6 Å². The summed E-state index contributed by atoms with van der Waals surface area (Å²) in [4.78, 5) is 0. The van der Waals surface area contributed by atoms with Gasteiger partial charge in [-0.3, -0.25) is 0 Å². The van der Waals surface area contributed by atoms with Crippen molar-refractivity contribution in [2.45, 2.75) is 51.4 Å². The van der Waals surface area contributed by atoms with E-state index in [0.717, 1.165) is 12.0 Å². The Balaban J connectivity index is 2.27. The van der Waals surface area contributed by atoms with E-state index in [2.05, 4.69) is 13.8 Å². The molecule has 2 unspecified atom stereocenters. The molecule has 2 rings (SSSR count). The minimum Gasteiger partial charge on any atom is -0.495 e. The van der Waals surface area contributed by atoms with Gasteiger partial charge in [0, 0.05) is 5.92 Å². The van der Waals surface area contributed by atoms with Crippen LogP contribution in [0.25, 0.3) is 0 Å². The maximum absolute atomic E-state index is 10.7. The van der Waals surface area contributed by atoms with E-state index in [0.29, 0.717) is 10.8 Å². The van der Waals surface area contributed by atoms with Crippen LogP contribution in [0.2, 0.25) is 5.02 Å². The third-order valence-corrected chi connectivity index (χ3v) is 4.34. The number of hydrogen-bond acceptors (Lipinski definition) is 3. The third kappa shape index (κ3) is 2.95. The first-order valence-corrected chi connectivity index (χ1v) is 7.26. The van der Waals surface area contributed by atoms with E-state index in [1.54, 1.807) is 19.2 Å². The predicted molar refractivity (Wildman–Crippen MR) is 80.3 cm³/mol. The van der Waals surface area contributed by atoms with Gasteiger partial charge >= 0.3 is 0 Å². The lowest BCUT2D eigenvalue weighted by molar-refractivity contribution is -0.0880. The molecule has 0 aromatic heterocycles. The molecule has 0 spiro atoms. The average molecular weight is 299 g/mol. The molecule has 4 heteroatoms. The maximum Gasteiger partial charge on any atom is 0.137 e. The standard InChI is InChI=1S/C16H23ClO3/c1-15(2)9-11(16(3,4)20-15)14(18)10-6-7-13(19-5)12(17)8-10/h6-8,11,14,18H,9H2,1-5H3. The van der Waals surface area contributed by atoms with Crippen LogP contribution in [0.1, 0.15) is 45.8 Å². The molecule has 3 nitrogen and oxygen atoms in total. The summed E-state index contributed by atoms with van der Waals surface area (Å²) in [6.07, 6.45) is 0.209. The van der Waals surface area contributed by atoms with Crippen LogP contribution < -0.4 is 4.74 Å². The van der Waals surface area contributed by atoms with Gasteiger partial charge in [0.05, 0.1) is 29.4 Å². The van der Waals surface area contributed by atoms with Gasteiger partial charge < -0.3 is 14.6 Å². The van der Waals surface area contributed by atoms with Crippen LogP contribution in [0.4, 0.5) is 0 Å². The molecular weight excluding hydrogens is 276 g/mol. The molecule has 1 saturated heterocycles. The molecule has 0 radical (unpaired) electrons. The van der Waals surface area contributed by atoms with E-state index in [1.165, 1.54) is 0 Å². The van der Waals surface area contributed by atoms with Crippen LogP contribution in [0.3, 0.4) is 0 Å². The molecular formula is C16H23ClO3. The highest BCUT2D eigenvalue weighted by Crippen LogP contribution is 2.48. The van der Waals surface area contributed by atoms with Crippen molar-refractivity contribution in [2.24, 2.45) is 5.92 Å². The van der Waals surface area contributed by atoms with Crippen molar-refractivity contribution in [3.05, 3.63) is 28.8 Å². The highest BCUT2D eigenvalue weighted by Gasteiger charge is 2.49.